The van der Waals surface area contributed by atoms with Gasteiger partial charge in [0.15, 0.2) is 11.6 Å². The van der Waals surface area contributed by atoms with E-state index in [9.17, 15) is 4.79 Å². The average molecular weight is 262 g/mol. The van der Waals surface area contributed by atoms with Crippen LogP contribution in [0.3, 0.4) is 0 Å². The fourth-order valence-corrected chi connectivity index (χ4v) is 2.09. The van der Waals surface area contributed by atoms with Crippen LogP contribution in [0.15, 0.2) is 36.9 Å². The Labute approximate surface area is 115 Å². The highest BCUT2D eigenvalue weighted by molar-refractivity contribution is 6.04. The molecule has 0 saturated heterocycles. The molecule has 1 aromatic rings. The van der Waals surface area contributed by atoms with E-state index in [1.54, 1.807) is 12.1 Å². The maximum atomic E-state index is 11.5. The van der Waals surface area contributed by atoms with E-state index in [0.717, 1.165) is 5.56 Å². The first-order valence-electron chi connectivity index (χ1n) is 6.68. The van der Waals surface area contributed by atoms with Crippen molar-refractivity contribution in [1.82, 2.24) is 0 Å². The molecular weight excluding hydrogens is 240 g/mol. The Morgan fingerprint density at radius 1 is 1.16 bits per heavy atom. The maximum absolute atomic E-state index is 11.5. The molecule has 3 heteroatoms. The molecule has 0 atom stereocenters. The van der Waals surface area contributed by atoms with E-state index in [4.69, 9.17) is 9.47 Å². The van der Waals surface area contributed by atoms with Crippen molar-refractivity contribution in [2.24, 2.45) is 0 Å². The zero-order valence-corrected chi connectivity index (χ0v) is 11.9. The standard InChI is InChI=1S/C16H22O3/c1-5-15(17)13-9-11-14(12-10-13)16(6-2,18-7-3)19-8-4/h5,9-12H,1,6-8H2,2-4H3. The van der Waals surface area contributed by atoms with Crippen molar-refractivity contribution in [2.45, 2.75) is 33.0 Å². The van der Waals surface area contributed by atoms with Gasteiger partial charge in [-0.15, -0.1) is 0 Å². The molecule has 19 heavy (non-hydrogen) atoms. The Kier molecular flexibility index (Phi) is 5.93. The Morgan fingerprint density at radius 3 is 2.05 bits per heavy atom. The van der Waals surface area contributed by atoms with Gasteiger partial charge in [-0.3, -0.25) is 4.79 Å². The van der Waals surface area contributed by atoms with E-state index in [-0.39, 0.29) is 5.78 Å². The zero-order chi connectivity index (χ0) is 14.3. The molecule has 0 spiro atoms. The molecule has 0 saturated carbocycles. The molecule has 0 bridgehead atoms. The second kappa shape index (κ2) is 7.22. The topological polar surface area (TPSA) is 35.5 Å². The summed E-state index contributed by atoms with van der Waals surface area (Å²) in [7, 11) is 0. The van der Waals surface area contributed by atoms with Gasteiger partial charge in [-0.2, -0.15) is 0 Å². The minimum Gasteiger partial charge on any atom is -0.346 e. The number of allylic oxidation sites excluding steroid dienone is 1. The molecule has 3 nitrogen and oxygen atoms in total. The van der Waals surface area contributed by atoms with Crippen LogP contribution < -0.4 is 0 Å². The van der Waals surface area contributed by atoms with Gasteiger partial charge in [0.25, 0.3) is 0 Å². The monoisotopic (exact) mass is 262 g/mol. The predicted molar refractivity (Wildman–Crippen MR) is 76.2 cm³/mol. The van der Waals surface area contributed by atoms with Gasteiger partial charge in [0, 0.05) is 30.8 Å². The van der Waals surface area contributed by atoms with E-state index in [1.807, 2.05) is 32.9 Å². The summed E-state index contributed by atoms with van der Waals surface area (Å²) in [5, 5.41) is 0. The highest BCUT2D eigenvalue weighted by Gasteiger charge is 2.31. The van der Waals surface area contributed by atoms with E-state index < -0.39 is 5.79 Å². The number of ketones is 1. The van der Waals surface area contributed by atoms with Crippen molar-refractivity contribution < 1.29 is 14.3 Å². The molecule has 0 aliphatic heterocycles. The molecule has 0 aromatic heterocycles. The van der Waals surface area contributed by atoms with Crippen LogP contribution in [0.2, 0.25) is 0 Å². The third-order valence-corrected chi connectivity index (χ3v) is 3.02. The van der Waals surface area contributed by atoms with Crippen LogP contribution in [0.1, 0.15) is 43.1 Å². The predicted octanol–water partition coefficient (Wildman–Crippen LogP) is 3.69. The molecule has 0 N–H and O–H groups in total. The van der Waals surface area contributed by atoms with Crippen LogP contribution in [0.25, 0.3) is 0 Å². The van der Waals surface area contributed by atoms with Crippen LogP contribution in [-0.4, -0.2) is 19.0 Å². The van der Waals surface area contributed by atoms with Gasteiger partial charge < -0.3 is 9.47 Å². The lowest BCUT2D eigenvalue weighted by atomic mass is 10.00. The summed E-state index contributed by atoms with van der Waals surface area (Å²) in [5.41, 5.74) is 1.55. The Bertz CT molecular complexity index is 414. The summed E-state index contributed by atoms with van der Waals surface area (Å²) < 4.78 is 11.6. The molecule has 0 heterocycles. The first kappa shape index (κ1) is 15.6. The Hall–Kier alpha value is -1.45. The zero-order valence-electron chi connectivity index (χ0n) is 11.9. The second-order valence-electron chi connectivity index (χ2n) is 4.12. The first-order chi connectivity index (χ1) is 9.13. The van der Waals surface area contributed by atoms with Gasteiger partial charge in [0.1, 0.15) is 0 Å². The normalized spacial score (nSPS) is 11.3. The van der Waals surface area contributed by atoms with Crippen molar-refractivity contribution in [2.75, 3.05) is 13.2 Å². The molecule has 1 rings (SSSR count). The van der Waals surface area contributed by atoms with Gasteiger partial charge in [0.05, 0.1) is 0 Å². The SMILES string of the molecule is C=CC(=O)c1ccc(C(CC)(OCC)OCC)cc1. The number of benzene rings is 1. The fraction of sp³-hybridized carbons (Fsp3) is 0.438. The minimum atomic E-state index is -0.723. The summed E-state index contributed by atoms with van der Waals surface area (Å²) in [6.07, 6.45) is 2.02. The number of hydrogen-bond acceptors (Lipinski definition) is 3. The number of carbonyl (C=O) groups is 1. The summed E-state index contributed by atoms with van der Waals surface area (Å²) in [5.74, 6) is -0.805. The summed E-state index contributed by atoms with van der Waals surface area (Å²) in [6.45, 7) is 10.5. The Balaban J connectivity index is 3.09. The number of carbonyl (C=O) groups excluding carboxylic acids is 1. The van der Waals surface area contributed by atoms with Crippen molar-refractivity contribution in [1.29, 1.82) is 0 Å². The fourth-order valence-electron chi connectivity index (χ4n) is 2.09. The molecule has 0 unspecified atom stereocenters. The van der Waals surface area contributed by atoms with Crippen LogP contribution in [-0.2, 0) is 15.3 Å². The van der Waals surface area contributed by atoms with Crippen molar-refractivity contribution in [3.8, 4) is 0 Å². The molecule has 104 valence electrons. The highest BCUT2D eigenvalue weighted by Crippen LogP contribution is 2.31. The molecule has 0 aliphatic carbocycles. The van der Waals surface area contributed by atoms with Crippen LogP contribution in [0.4, 0.5) is 0 Å². The lowest BCUT2D eigenvalue weighted by Gasteiger charge is -2.32. The minimum absolute atomic E-state index is 0.0820. The van der Waals surface area contributed by atoms with Crippen molar-refractivity contribution >= 4 is 5.78 Å². The molecule has 1 aromatic carbocycles. The third kappa shape index (κ3) is 3.52. The van der Waals surface area contributed by atoms with Crippen LogP contribution in [0.5, 0.6) is 0 Å². The lowest BCUT2D eigenvalue weighted by Crippen LogP contribution is -2.32. The van der Waals surface area contributed by atoms with E-state index in [0.29, 0.717) is 25.2 Å². The Morgan fingerprint density at radius 2 is 1.68 bits per heavy atom. The highest BCUT2D eigenvalue weighted by atomic mass is 16.7. The smallest absolute Gasteiger partial charge is 0.194 e. The van der Waals surface area contributed by atoms with E-state index >= 15 is 0 Å². The van der Waals surface area contributed by atoms with Crippen LogP contribution in [0, 0.1) is 0 Å². The van der Waals surface area contributed by atoms with Gasteiger partial charge >= 0.3 is 0 Å². The van der Waals surface area contributed by atoms with Gasteiger partial charge in [0.2, 0.25) is 0 Å². The second-order valence-corrected chi connectivity index (χ2v) is 4.12. The maximum Gasteiger partial charge on any atom is 0.194 e. The van der Waals surface area contributed by atoms with Crippen molar-refractivity contribution in [3.05, 3.63) is 48.0 Å². The largest absolute Gasteiger partial charge is 0.346 e. The van der Waals surface area contributed by atoms with E-state index in [2.05, 4.69) is 6.58 Å². The third-order valence-electron chi connectivity index (χ3n) is 3.02. The summed E-state index contributed by atoms with van der Waals surface area (Å²) >= 11 is 0. The lowest BCUT2D eigenvalue weighted by molar-refractivity contribution is -0.244. The average Bonchev–Trinajstić information content (AvgIpc) is 2.46. The van der Waals surface area contributed by atoms with Gasteiger partial charge in [-0.05, 0) is 19.9 Å². The molecule has 0 aliphatic rings. The van der Waals surface area contributed by atoms with Crippen molar-refractivity contribution in [3.63, 3.8) is 0 Å². The van der Waals surface area contributed by atoms with Gasteiger partial charge in [-0.25, -0.2) is 0 Å². The number of rotatable bonds is 8. The molecule has 0 fully saturated rings. The first-order valence-corrected chi connectivity index (χ1v) is 6.68. The summed E-state index contributed by atoms with van der Waals surface area (Å²) in [6, 6.07) is 7.32. The number of ether oxygens (including phenoxy) is 2. The molecular formula is C16H22O3. The van der Waals surface area contributed by atoms with Gasteiger partial charge in [-0.1, -0.05) is 37.8 Å². The van der Waals surface area contributed by atoms with Crippen LogP contribution >= 0.6 is 0 Å². The summed E-state index contributed by atoms with van der Waals surface area (Å²) in [4.78, 5) is 11.5. The molecule has 0 amide bonds. The molecule has 0 radical (unpaired) electrons. The quantitative estimate of drug-likeness (QED) is 0.407. The van der Waals surface area contributed by atoms with E-state index in [1.165, 1.54) is 6.08 Å². The number of hydrogen-bond donors (Lipinski definition) is 0.